The summed E-state index contributed by atoms with van der Waals surface area (Å²) in [5.74, 6) is 0.307. The van der Waals surface area contributed by atoms with Crippen molar-refractivity contribution in [2.75, 3.05) is 14.2 Å². The van der Waals surface area contributed by atoms with Crippen molar-refractivity contribution in [1.82, 2.24) is 15.4 Å². The Morgan fingerprint density at radius 3 is 2.78 bits per heavy atom. The van der Waals surface area contributed by atoms with Gasteiger partial charge < -0.3 is 9.47 Å². The molecule has 0 saturated carbocycles. The molecule has 1 fully saturated rings. The zero-order valence-electron chi connectivity index (χ0n) is 14.5. The summed E-state index contributed by atoms with van der Waals surface area (Å²) in [6, 6.07) is 8.49. The molecule has 138 valence electrons. The average Bonchev–Trinajstić information content (AvgIpc) is 2.96. The maximum absolute atomic E-state index is 12.7. The molecule has 1 aliphatic rings. The number of thiocarbonyl (C=S) groups is 1. The van der Waals surface area contributed by atoms with E-state index in [4.69, 9.17) is 21.7 Å². The van der Waals surface area contributed by atoms with Crippen molar-refractivity contribution in [2.45, 2.75) is 0 Å². The lowest BCUT2D eigenvalue weighted by Gasteiger charge is -2.15. The Kier molecular flexibility index (Phi) is 5.72. The van der Waals surface area contributed by atoms with Crippen LogP contribution in [0.2, 0.25) is 0 Å². The number of nitrogens with zero attached hydrogens (tertiary/aromatic N) is 2. The van der Waals surface area contributed by atoms with Crippen LogP contribution in [0.4, 0.5) is 0 Å². The molecule has 1 saturated heterocycles. The molecule has 7 nitrogen and oxygen atoms in total. The Balaban J connectivity index is 1.82. The molecule has 0 bridgehead atoms. The number of nitrogens with one attached hydrogen (secondary N) is 1. The van der Waals surface area contributed by atoms with Crippen molar-refractivity contribution in [3.05, 3.63) is 58.8 Å². The first kappa shape index (κ1) is 18.9. The van der Waals surface area contributed by atoms with E-state index in [2.05, 4.69) is 10.4 Å². The number of amides is 2. The van der Waals surface area contributed by atoms with Crippen LogP contribution in [0.15, 0.2) is 47.6 Å². The summed E-state index contributed by atoms with van der Waals surface area (Å²) in [4.78, 5) is 29.2. The lowest BCUT2D eigenvalue weighted by atomic mass is 10.1. The van der Waals surface area contributed by atoms with Crippen LogP contribution in [0.3, 0.4) is 0 Å². The maximum Gasteiger partial charge on any atom is 0.285 e. The third-order valence-corrected chi connectivity index (χ3v) is 4.96. The Bertz CT molecular complexity index is 931. The number of hydrogen-bond acceptors (Lipinski definition) is 7. The molecule has 1 N–H and O–H groups in total. The van der Waals surface area contributed by atoms with Gasteiger partial charge in [0.05, 0.1) is 24.7 Å². The lowest BCUT2D eigenvalue weighted by Crippen LogP contribution is -2.44. The number of aromatic nitrogens is 1. The van der Waals surface area contributed by atoms with E-state index in [1.807, 2.05) is 0 Å². The van der Waals surface area contributed by atoms with Crippen molar-refractivity contribution in [3.63, 3.8) is 0 Å². The number of rotatable bonds is 5. The summed E-state index contributed by atoms with van der Waals surface area (Å²) in [7, 11) is 3.09. The van der Waals surface area contributed by atoms with E-state index in [-0.39, 0.29) is 4.32 Å². The minimum atomic E-state index is -0.470. The van der Waals surface area contributed by atoms with Crippen LogP contribution in [0.25, 0.3) is 6.08 Å². The number of hydrogen-bond donors (Lipinski definition) is 1. The predicted molar refractivity (Wildman–Crippen MR) is 106 cm³/mol. The van der Waals surface area contributed by atoms with Gasteiger partial charge in [-0.1, -0.05) is 11.8 Å². The van der Waals surface area contributed by atoms with Crippen LogP contribution in [0.5, 0.6) is 11.5 Å². The fraction of sp³-hybridized carbons (Fsp3) is 0.111. The van der Waals surface area contributed by atoms with Gasteiger partial charge in [-0.05, 0) is 42.6 Å². The van der Waals surface area contributed by atoms with Crippen LogP contribution in [-0.2, 0) is 4.79 Å². The summed E-state index contributed by atoms with van der Waals surface area (Å²) < 4.78 is 10.7. The van der Waals surface area contributed by atoms with Crippen molar-refractivity contribution in [1.29, 1.82) is 0 Å². The fourth-order valence-corrected chi connectivity index (χ4v) is 3.48. The molecule has 0 radical (unpaired) electrons. The molecule has 27 heavy (non-hydrogen) atoms. The van der Waals surface area contributed by atoms with Gasteiger partial charge in [0.15, 0.2) is 4.32 Å². The summed E-state index contributed by atoms with van der Waals surface area (Å²) in [6.07, 6.45) is 4.63. The molecule has 1 aliphatic heterocycles. The predicted octanol–water partition coefficient (Wildman–Crippen LogP) is 2.65. The summed E-state index contributed by atoms with van der Waals surface area (Å²) in [5, 5.41) is 1.05. The van der Waals surface area contributed by atoms with Crippen LogP contribution in [0, 0.1) is 0 Å². The third-order valence-electron chi connectivity index (χ3n) is 3.66. The van der Waals surface area contributed by atoms with E-state index >= 15 is 0 Å². The zero-order valence-corrected chi connectivity index (χ0v) is 16.1. The van der Waals surface area contributed by atoms with Crippen LogP contribution in [0.1, 0.15) is 15.9 Å². The first-order valence-corrected chi connectivity index (χ1v) is 8.97. The van der Waals surface area contributed by atoms with E-state index in [0.717, 1.165) is 16.8 Å². The molecule has 0 atom stereocenters. The summed E-state index contributed by atoms with van der Waals surface area (Å²) in [5.41, 5.74) is 3.53. The van der Waals surface area contributed by atoms with Crippen molar-refractivity contribution >= 4 is 46.2 Å². The second-order valence-electron chi connectivity index (χ2n) is 5.31. The maximum atomic E-state index is 12.7. The zero-order chi connectivity index (χ0) is 19.4. The third kappa shape index (κ3) is 4.09. The van der Waals surface area contributed by atoms with Gasteiger partial charge in [0.25, 0.3) is 11.8 Å². The second kappa shape index (κ2) is 8.19. The number of ether oxygens (including phenoxy) is 2. The molecule has 3 rings (SSSR count). The SMILES string of the molecule is COc1ccc(/C=C2/SC(=S)N(NC(=O)c3cccnc3)C2=O)c(OC)c1. The molecule has 2 heterocycles. The van der Waals surface area contributed by atoms with Gasteiger partial charge in [-0.2, -0.15) is 5.01 Å². The second-order valence-corrected chi connectivity index (χ2v) is 6.98. The number of pyridine rings is 1. The van der Waals surface area contributed by atoms with Gasteiger partial charge in [0.2, 0.25) is 0 Å². The number of carbonyl (C=O) groups excluding carboxylic acids is 2. The van der Waals surface area contributed by atoms with Gasteiger partial charge in [-0.15, -0.1) is 0 Å². The molecule has 9 heteroatoms. The highest BCUT2D eigenvalue weighted by Gasteiger charge is 2.34. The number of thioether (sulfide) groups is 1. The van der Waals surface area contributed by atoms with Crippen LogP contribution in [-0.4, -0.2) is 40.3 Å². The lowest BCUT2D eigenvalue weighted by molar-refractivity contribution is -0.123. The minimum absolute atomic E-state index is 0.232. The smallest absolute Gasteiger partial charge is 0.285 e. The molecule has 1 aromatic carbocycles. The summed E-state index contributed by atoms with van der Waals surface area (Å²) in [6.45, 7) is 0. The number of hydrazine groups is 1. The Labute approximate surface area is 165 Å². The Morgan fingerprint density at radius 2 is 2.11 bits per heavy atom. The largest absolute Gasteiger partial charge is 0.497 e. The Morgan fingerprint density at radius 1 is 1.30 bits per heavy atom. The van der Waals surface area contributed by atoms with Gasteiger partial charge >= 0.3 is 0 Å². The molecule has 0 spiro atoms. The molecule has 0 unspecified atom stereocenters. The number of methoxy groups -OCH3 is 2. The minimum Gasteiger partial charge on any atom is -0.497 e. The van der Waals surface area contributed by atoms with Crippen LogP contribution >= 0.6 is 24.0 Å². The molecule has 1 aromatic heterocycles. The standard InChI is InChI=1S/C18H15N3O4S2/c1-24-13-6-5-11(14(9-13)25-2)8-15-17(23)21(18(26)27-15)20-16(22)12-4-3-7-19-10-12/h3-10H,1-2H3,(H,20,22)/b15-8+. The highest BCUT2D eigenvalue weighted by atomic mass is 32.2. The van der Waals surface area contributed by atoms with E-state index < -0.39 is 11.8 Å². The molecular weight excluding hydrogens is 386 g/mol. The Hall–Kier alpha value is -2.91. The monoisotopic (exact) mass is 401 g/mol. The molecule has 0 aliphatic carbocycles. The van der Waals surface area contributed by atoms with E-state index in [1.54, 1.807) is 49.7 Å². The van der Waals surface area contributed by atoms with Gasteiger partial charge in [-0.25, -0.2) is 0 Å². The quantitative estimate of drug-likeness (QED) is 0.609. The number of carbonyl (C=O) groups is 2. The van der Waals surface area contributed by atoms with Gasteiger partial charge in [0.1, 0.15) is 11.5 Å². The van der Waals surface area contributed by atoms with E-state index in [9.17, 15) is 9.59 Å². The van der Waals surface area contributed by atoms with Crippen molar-refractivity contribution < 1.29 is 19.1 Å². The average molecular weight is 401 g/mol. The highest BCUT2D eigenvalue weighted by molar-refractivity contribution is 8.26. The van der Waals surface area contributed by atoms with E-state index in [1.165, 1.54) is 13.3 Å². The number of benzene rings is 1. The fourth-order valence-electron chi connectivity index (χ4n) is 2.31. The van der Waals surface area contributed by atoms with Crippen molar-refractivity contribution in [3.8, 4) is 11.5 Å². The molecule has 2 aromatic rings. The highest BCUT2D eigenvalue weighted by Crippen LogP contribution is 2.34. The van der Waals surface area contributed by atoms with Gasteiger partial charge in [0, 0.05) is 24.0 Å². The summed E-state index contributed by atoms with van der Waals surface area (Å²) >= 11 is 6.32. The van der Waals surface area contributed by atoms with E-state index in [0.29, 0.717) is 27.5 Å². The molecule has 2 amide bonds. The van der Waals surface area contributed by atoms with Crippen molar-refractivity contribution in [2.24, 2.45) is 0 Å². The van der Waals surface area contributed by atoms with Crippen LogP contribution < -0.4 is 14.9 Å². The first-order chi connectivity index (χ1) is 13.0. The first-order valence-electron chi connectivity index (χ1n) is 7.74. The topological polar surface area (TPSA) is 80.8 Å². The molecular formula is C18H15N3O4S2. The van der Waals surface area contributed by atoms with Gasteiger partial charge in [-0.3, -0.25) is 20.0 Å². The normalized spacial score (nSPS) is 15.2.